The summed E-state index contributed by atoms with van der Waals surface area (Å²) in [6.45, 7) is 5.63. The molecule has 4 heterocycles. The van der Waals surface area contributed by atoms with Crippen molar-refractivity contribution in [2.24, 2.45) is 5.92 Å². The molecule has 2 fully saturated rings. The van der Waals surface area contributed by atoms with E-state index in [9.17, 15) is 0 Å². The lowest BCUT2D eigenvalue weighted by Crippen LogP contribution is -2.35. The summed E-state index contributed by atoms with van der Waals surface area (Å²) in [5.41, 5.74) is 1.65. The third-order valence-electron chi connectivity index (χ3n) is 5.43. The van der Waals surface area contributed by atoms with Gasteiger partial charge in [-0.3, -0.25) is 4.90 Å². The molecule has 0 bridgehead atoms. The second-order valence-corrected chi connectivity index (χ2v) is 7.36. The summed E-state index contributed by atoms with van der Waals surface area (Å²) in [6.07, 6.45) is 0. The number of para-hydroxylation sites is 1. The Bertz CT molecular complexity index is 937. The first-order valence-corrected chi connectivity index (χ1v) is 8.80. The fraction of sp³-hybridized carbons (Fsp3) is 0.444. The van der Waals surface area contributed by atoms with E-state index in [1.807, 2.05) is 25.1 Å². The van der Waals surface area contributed by atoms with E-state index in [0.717, 1.165) is 42.8 Å². The Morgan fingerprint density at radius 3 is 3.00 bits per heavy atom. The number of aryl methyl sites for hydroxylation is 1. The van der Waals surface area contributed by atoms with Gasteiger partial charge in [0.25, 0.3) is 0 Å². The van der Waals surface area contributed by atoms with Crippen LogP contribution in [0.1, 0.15) is 17.3 Å². The molecule has 2 aliphatic heterocycles. The molecule has 25 heavy (non-hydrogen) atoms. The van der Waals surface area contributed by atoms with Gasteiger partial charge in [-0.05, 0) is 17.7 Å². The number of nitrogens with zero attached hydrogens (tertiary/aromatic N) is 3. The van der Waals surface area contributed by atoms with Crippen LogP contribution in [0, 0.1) is 12.8 Å². The van der Waals surface area contributed by atoms with Gasteiger partial charge >= 0.3 is 0 Å². The van der Waals surface area contributed by atoms with Gasteiger partial charge in [0.05, 0.1) is 18.6 Å². The maximum Gasteiger partial charge on any atom is 0.226 e. The number of hydrogen-bond acceptors (Lipinski definition) is 6. The monoisotopic (exact) mass is 359 g/mol. The number of halogens is 1. The van der Waals surface area contributed by atoms with Gasteiger partial charge in [-0.15, -0.1) is 10.2 Å². The van der Waals surface area contributed by atoms with E-state index in [0.29, 0.717) is 29.5 Å². The van der Waals surface area contributed by atoms with Crippen molar-refractivity contribution in [2.75, 3.05) is 26.3 Å². The Morgan fingerprint density at radius 2 is 2.16 bits per heavy atom. The maximum absolute atomic E-state index is 6.36. The normalized spacial score (nSPS) is 26.6. The van der Waals surface area contributed by atoms with Crippen molar-refractivity contribution >= 4 is 22.6 Å². The Balaban J connectivity index is 1.46. The molecule has 0 N–H and O–H groups in total. The number of ether oxygens (including phenoxy) is 1. The van der Waals surface area contributed by atoms with Crippen LogP contribution in [0.3, 0.4) is 0 Å². The Morgan fingerprint density at radius 1 is 1.28 bits per heavy atom. The first-order valence-electron chi connectivity index (χ1n) is 8.42. The molecule has 0 saturated carbocycles. The molecule has 3 aromatic rings. The molecule has 1 aromatic carbocycles. The van der Waals surface area contributed by atoms with Crippen LogP contribution < -0.4 is 0 Å². The molecule has 0 radical (unpaired) electrons. The lowest BCUT2D eigenvalue weighted by molar-refractivity contribution is 0.140. The number of hydrogen-bond donors (Lipinski definition) is 0. The lowest BCUT2D eigenvalue weighted by atomic mass is 9.81. The molecular formula is C18H18ClN3O3. The molecule has 2 aliphatic rings. The molecule has 0 aliphatic carbocycles. The van der Waals surface area contributed by atoms with Crippen LogP contribution in [-0.2, 0) is 16.7 Å². The Kier molecular flexibility index (Phi) is 3.42. The summed E-state index contributed by atoms with van der Waals surface area (Å²) in [5, 5.41) is 9.85. The highest BCUT2D eigenvalue weighted by Crippen LogP contribution is 2.44. The highest BCUT2D eigenvalue weighted by Gasteiger charge is 2.55. The maximum atomic E-state index is 6.36. The summed E-state index contributed by atoms with van der Waals surface area (Å²) in [4.78, 5) is 2.38. The molecule has 0 unspecified atom stereocenters. The van der Waals surface area contributed by atoms with E-state index < -0.39 is 0 Å². The minimum Gasteiger partial charge on any atom is -0.444 e. The molecule has 7 heteroatoms. The van der Waals surface area contributed by atoms with Gasteiger partial charge in [0.2, 0.25) is 11.8 Å². The van der Waals surface area contributed by atoms with Gasteiger partial charge in [0.1, 0.15) is 5.58 Å². The van der Waals surface area contributed by atoms with Crippen molar-refractivity contribution in [1.29, 1.82) is 0 Å². The van der Waals surface area contributed by atoms with Crippen molar-refractivity contribution < 1.29 is 13.6 Å². The van der Waals surface area contributed by atoms with Crippen molar-refractivity contribution in [2.45, 2.75) is 18.9 Å². The summed E-state index contributed by atoms with van der Waals surface area (Å²) in [7, 11) is 0. The zero-order chi connectivity index (χ0) is 17.0. The Hall–Kier alpha value is -1.89. The van der Waals surface area contributed by atoms with Gasteiger partial charge in [0, 0.05) is 43.4 Å². The number of likely N-dealkylation sites (tertiary alicyclic amines) is 1. The topological polar surface area (TPSA) is 64.5 Å². The molecule has 2 atom stereocenters. The van der Waals surface area contributed by atoms with Crippen molar-refractivity contribution in [3.63, 3.8) is 0 Å². The van der Waals surface area contributed by atoms with Crippen LogP contribution in [0.25, 0.3) is 11.0 Å². The number of rotatable bonds is 3. The molecule has 0 spiro atoms. The van der Waals surface area contributed by atoms with Crippen molar-refractivity contribution in [3.8, 4) is 0 Å². The first kappa shape index (κ1) is 15.4. The molecule has 2 saturated heterocycles. The van der Waals surface area contributed by atoms with E-state index >= 15 is 0 Å². The zero-order valence-electron chi connectivity index (χ0n) is 13.9. The summed E-state index contributed by atoms with van der Waals surface area (Å²) < 4.78 is 17.2. The molecule has 5 rings (SSSR count). The standard InChI is InChI=1S/C18H18ClN3O3/c1-11-20-21-17(24-11)18-9-22(6-12(18)8-23-10-18)7-14-13-4-2-3-5-15(13)25-16(14)19/h2-5,12H,6-10H2,1H3/t12-,18-/m0/s1. The SMILES string of the molecule is Cc1nnc([C@@]23COC[C@@H]2CN(Cc2c(Cl)oc4ccccc24)C3)o1. The van der Waals surface area contributed by atoms with Gasteiger partial charge < -0.3 is 13.6 Å². The fourth-order valence-corrected chi connectivity index (χ4v) is 4.44. The predicted octanol–water partition coefficient (Wildman–Crippen LogP) is 3.18. The van der Waals surface area contributed by atoms with E-state index in [2.05, 4.69) is 21.2 Å². The van der Waals surface area contributed by atoms with Gasteiger partial charge in [-0.1, -0.05) is 18.2 Å². The highest BCUT2D eigenvalue weighted by atomic mass is 35.5. The molecule has 130 valence electrons. The zero-order valence-corrected chi connectivity index (χ0v) is 14.6. The lowest BCUT2D eigenvalue weighted by Gasteiger charge is -2.22. The quantitative estimate of drug-likeness (QED) is 0.715. The van der Waals surface area contributed by atoms with Crippen molar-refractivity contribution in [3.05, 3.63) is 46.8 Å². The summed E-state index contributed by atoms with van der Waals surface area (Å²) in [5.74, 6) is 1.64. The number of aromatic nitrogens is 2. The first-order chi connectivity index (χ1) is 12.2. The number of furan rings is 1. The fourth-order valence-electron chi connectivity index (χ4n) is 4.20. The number of benzene rings is 1. The second-order valence-electron chi connectivity index (χ2n) is 7.01. The minimum atomic E-state index is -0.215. The van der Waals surface area contributed by atoms with Crippen LogP contribution in [0.4, 0.5) is 0 Å². The molecule has 6 nitrogen and oxygen atoms in total. The van der Waals surface area contributed by atoms with Crippen LogP contribution in [0.5, 0.6) is 0 Å². The Labute approximate surface area is 149 Å². The van der Waals surface area contributed by atoms with E-state index in [4.69, 9.17) is 25.2 Å². The van der Waals surface area contributed by atoms with E-state index in [1.54, 1.807) is 0 Å². The van der Waals surface area contributed by atoms with Gasteiger partial charge in [0.15, 0.2) is 5.22 Å². The smallest absolute Gasteiger partial charge is 0.226 e. The minimum absolute atomic E-state index is 0.215. The average Bonchev–Trinajstić information content (AvgIpc) is 3.31. The third-order valence-corrected chi connectivity index (χ3v) is 5.73. The molecule has 2 aromatic heterocycles. The summed E-state index contributed by atoms with van der Waals surface area (Å²) in [6, 6.07) is 7.96. The molecule has 0 amide bonds. The van der Waals surface area contributed by atoms with E-state index in [1.165, 1.54) is 0 Å². The van der Waals surface area contributed by atoms with Crippen LogP contribution >= 0.6 is 11.6 Å². The average molecular weight is 360 g/mol. The van der Waals surface area contributed by atoms with Gasteiger partial charge in [-0.2, -0.15) is 0 Å². The van der Waals surface area contributed by atoms with Crippen molar-refractivity contribution in [1.82, 2.24) is 15.1 Å². The van der Waals surface area contributed by atoms with Crippen LogP contribution in [-0.4, -0.2) is 41.4 Å². The third kappa shape index (κ3) is 2.32. The largest absolute Gasteiger partial charge is 0.444 e. The van der Waals surface area contributed by atoms with Gasteiger partial charge in [-0.25, -0.2) is 0 Å². The highest BCUT2D eigenvalue weighted by molar-refractivity contribution is 6.30. The van der Waals surface area contributed by atoms with Crippen LogP contribution in [0.2, 0.25) is 5.22 Å². The second kappa shape index (κ2) is 5.56. The predicted molar refractivity (Wildman–Crippen MR) is 91.5 cm³/mol. The van der Waals surface area contributed by atoms with Crippen LogP contribution in [0.15, 0.2) is 33.1 Å². The summed E-state index contributed by atoms with van der Waals surface area (Å²) >= 11 is 6.36. The molecular weight excluding hydrogens is 342 g/mol. The number of fused-ring (bicyclic) bond motifs is 2. The van der Waals surface area contributed by atoms with E-state index in [-0.39, 0.29) is 5.41 Å².